The molecule has 1 aliphatic carbocycles. The number of phenolic OH excluding ortho intramolecular Hbond substituents is 1. The van der Waals surface area contributed by atoms with E-state index in [-0.39, 0.29) is 33.7 Å². The number of amides is 1. The number of hydrogen-bond donors (Lipinski definition) is 3. The van der Waals surface area contributed by atoms with Gasteiger partial charge in [0.25, 0.3) is 0 Å². The molecule has 0 radical (unpaired) electrons. The molecule has 1 aromatic carbocycles. The van der Waals surface area contributed by atoms with E-state index in [9.17, 15) is 9.90 Å². The molecule has 0 bridgehead atoms. The summed E-state index contributed by atoms with van der Waals surface area (Å²) in [7, 11) is 0. The van der Waals surface area contributed by atoms with E-state index in [1.165, 1.54) is 12.1 Å². The van der Waals surface area contributed by atoms with E-state index in [2.05, 4.69) is 5.32 Å². The Morgan fingerprint density at radius 2 is 2.00 bits per heavy atom. The number of benzene rings is 1. The van der Waals surface area contributed by atoms with Crippen molar-refractivity contribution in [2.75, 3.05) is 11.9 Å². The summed E-state index contributed by atoms with van der Waals surface area (Å²) in [5.41, 5.74) is 5.45. The number of carbonyl (C=O) groups excluding carboxylic acids is 1. The van der Waals surface area contributed by atoms with E-state index in [0.29, 0.717) is 12.3 Å². The monoisotopic (exact) mass is 358 g/mol. The highest BCUT2D eigenvalue weighted by Crippen LogP contribution is 2.57. The number of aromatic hydroxyl groups is 1. The molecule has 1 heterocycles. The van der Waals surface area contributed by atoms with Gasteiger partial charge in [-0.05, 0) is 25.0 Å². The predicted molar refractivity (Wildman–Crippen MR) is 89.9 cm³/mol. The summed E-state index contributed by atoms with van der Waals surface area (Å²) >= 11 is 11.8. The SMILES string of the molecule is CC1(C)C2OCCCC2C1(N)C(=O)Nc1cc(Cl)c(O)c(Cl)c1. The normalized spacial score (nSPS) is 31.9. The van der Waals surface area contributed by atoms with Crippen LogP contribution in [0.4, 0.5) is 5.69 Å². The lowest BCUT2D eigenvalue weighted by Crippen LogP contribution is -2.81. The van der Waals surface area contributed by atoms with Crippen molar-refractivity contribution in [1.29, 1.82) is 0 Å². The zero-order valence-corrected chi connectivity index (χ0v) is 14.5. The zero-order valence-electron chi connectivity index (χ0n) is 13.0. The molecule has 126 valence electrons. The van der Waals surface area contributed by atoms with Crippen LogP contribution in [0.2, 0.25) is 10.0 Å². The molecule has 0 aromatic heterocycles. The van der Waals surface area contributed by atoms with Gasteiger partial charge < -0.3 is 20.9 Å². The minimum atomic E-state index is -1.02. The van der Waals surface area contributed by atoms with Gasteiger partial charge in [0.05, 0.1) is 16.1 Å². The Labute approximate surface area is 145 Å². The highest BCUT2D eigenvalue weighted by molar-refractivity contribution is 6.37. The van der Waals surface area contributed by atoms with Gasteiger partial charge in [-0.1, -0.05) is 37.0 Å². The molecular formula is C16H20Cl2N2O3. The van der Waals surface area contributed by atoms with Gasteiger partial charge >= 0.3 is 0 Å². The summed E-state index contributed by atoms with van der Waals surface area (Å²) in [6.07, 6.45) is 1.77. The lowest BCUT2D eigenvalue weighted by atomic mass is 9.46. The van der Waals surface area contributed by atoms with Crippen LogP contribution in [0.3, 0.4) is 0 Å². The Morgan fingerprint density at radius 3 is 2.61 bits per heavy atom. The first kappa shape index (κ1) is 16.8. The van der Waals surface area contributed by atoms with Crippen LogP contribution in [0.5, 0.6) is 5.75 Å². The van der Waals surface area contributed by atoms with Gasteiger partial charge in [-0.3, -0.25) is 4.79 Å². The third-order valence-electron chi connectivity index (χ3n) is 5.34. The van der Waals surface area contributed by atoms with E-state index in [4.69, 9.17) is 33.7 Å². The van der Waals surface area contributed by atoms with Crippen molar-refractivity contribution in [3.63, 3.8) is 0 Å². The van der Waals surface area contributed by atoms with E-state index in [1.54, 1.807) is 0 Å². The lowest BCUT2D eigenvalue weighted by molar-refractivity contribution is -0.222. The average Bonchev–Trinajstić information content (AvgIpc) is 2.51. The Morgan fingerprint density at radius 1 is 1.39 bits per heavy atom. The van der Waals surface area contributed by atoms with Crippen molar-refractivity contribution in [2.45, 2.75) is 38.3 Å². The fraction of sp³-hybridized carbons (Fsp3) is 0.562. The molecule has 5 nitrogen and oxygen atoms in total. The summed E-state index contributed by atoms with van der Waals surface area (Å²) in [5, 5.41) is 12.5. The topological polar surface area (TPSA) is 84.6 Å². The van der Waals surface area contributed by atoms with Crippen LogP contribution in [0, 0.1) is 11.3 Å². The van der Waals surface area contributed by atoms with Crippen LogP contribution < -0.4 is 11.1 Å². The Balaban J connectivity index is 1.85. The van der Waals surface area contributed by atoms with Crippen LogP contribution in [0.1, 0.15) is 26.7 Å². The fourth-order valence-corrected chi connectivity index (χ4v) is 4.40. The number of carbonyl (C=O) groups is 1. The van der Waals surface area contributed by atoms with Crippen molar-refractivity contribution in [2.24, 2.45) is 17.1 Å². The van der Waals surface area contributed by atoms with Crippen LogP contribution >= 0.6 is 23.2 Å². The maximum Gasteiger partial charge on any atom is 0.245 e. The number of nitrogens with two attached hydrogens (primary N) is 1. The molecule has 3 unspecified atom stereocenters. The van der Waals surface area contributed by atoms with Crippen LogP contribution in [-0.4, -0.2) is 29.3 Å². The van der Waals surface area contributed by atoms with Gasteiger partial charge in [0.2, 0.25) is 5.91 Å². The van der Waals surface area contributed by atoms with Gasteiger partial charge in [-0.25, -0.2) is 0 Å². The maximum absolute atomic E-state index is 12.9. The average molecular weight is 359 g/mol. The molecule has 1 saturated carbocycles. The first-order valence-corrected chi connectivity index (χ1v) is 8.35. The number of hydrogen-bond acceptors (Lipinski definition) is 4. The molecule has 2 fully saturated rings. The molecule has 3 rings (SSSR count). The number of rotatable bonds is 2. The van der Waals surface area contributed by atoms with Crippen LogP contribution in [0.25, 0.3) is 0 Å². The first-order chi connectivity index (χ1) is 10.7. The molecular weight excluding hydrogens is 339 g/mol. The molecule has 1 amide bonds. The third-order valence-corrected chi connectivity index (χ3v) is 5.91. The fourth-order valence-electron chi connectivity index (χ4n) is 3.91. The van der Waals surface area contributed by atoms with Crippen molar-refractivity contribution >= 4 is 34.8 Å². The lowest BCUT2D eigenvalue weighted by Gasteiger charge is -2.65. The molecule has 2 aliphatic rings. The first-order valence-electron chi connectivity index (χ1n) is 7.59. The summed E-state index contributed by atoms with van der Waals surface area (Å²) in [5.74, 6) is -0.500. The quantitative estimate of drug-likeness (QED) is 0.708. The number of ether oxygens (including phenoxy) is 1. The van der Waals surface area contributed by atoms with E-state index < -0.39 is 11.0 Å². The van der Waals surface area contributed by atoms with Gasteiger partial charge in [-0.2, -0.15) is 0 Å². The molecule has 4 N–H and O–H groups in total. The zero-order chi connectivity index (χ0) is 17.0. The van der Waals surface area contributed by atoms with E-state index in [1.807, 2.05) is 13.8 Å². The number of fused-ring (bicyclic) bond motifs is 1. The summed E-state index contributed by atoms with van der Waals surface area (Å²) < 4.78 is 5.81. The second-order valence-corrected chi connectivity index (χ2v) is 7.69. The maximum atomic E-state index is 12.9. The molecule has 1 saturated heterocycles. The van der Waals surface area contributed by atoms with Gasteiger partial charge in [0, 0.05) is 23.6 Å². The largest absolute Gasteiger partial charge is 0.505 e. The van der Waals surface area contributed by atoms with Gasteiger partial charge in [-0.15, -0.1) is 0 Å². The minimum absolute atomic E-state index is 0.000932. The molecule has 7 heteroatoms. The third kappa shape index (κ3) is 2.33. The molecule has 0 spiro atoms. The second kappa shape index (κ2) is 5.52. The number of phenols is 1. The van der Waals surface area contributed by atoms with Crippen LogP contribution in [0.15, 0.2) is 12.1 Å². The smallest absolute Gasteiger partial charge is 0.245 e. The Bertz CT molecular complexity index is 642. The number of nitrogens with one attached hydrogen (secondary N) is 1. The minimum Gasteiger partial charge on any atom is -0.505 e. The van der Waals surface area contributed by atoms with Gasteiger partial charge in [0.15, 0.2) is 5.75 Å². The van der Waals surface area contributed by atoms with E-state index in [0.717, 1.165) is 12.8 Å². The highest BCUT2D eigenvalue weighted by Gasteiger charge is 2.70. The Kier molecular flexibility index (Phi) is 4.04. The van der Waals surface area contributed by atoms with Gasteiger partial charge in [0.1, 0.15) is 5.54 Å². The Hall–Kier alpha value is -1.01. The summed E-state index contributed by atoms with van der Waals surface area (Å²) in [6.45, 7) is 4.62. The van der Waals surface area contributed by atoms with E-state index >= 15 is 0 Å². The van der Waals surface area contributed by atoms with Crippen LogP contribution in [-0.2, 0) is 9.53 Å². The second-order valence-electron chi connectivity index (χ2n) is 6.87. The standard InChI is InChI=1S/C16H20Cl2N2O3/c1-15(2)13-9(4-3-5-23-13)16(15,19)14(22)20-8-6-10(17)12(21)11(18)7-8/h6-7,9,13,21H,3-5,19H2,1-2H3,(H,20,22). The molecule has 3 atom stereocenters. The van der Waals surface area contributed by atoms with Crippen molar-refractivity contribution in [3.8, 4) is 5.75 Å². The summed E-state index contributed by atoms with van der Waals surface area (Å²) in [6, 6.07) is 2.90. The highest BCUT2D eigenvalue weighted by atomic mass is 35.5. The summed E-state index contributed by atoms with van der Waals surface area (Å²) in [4.78, 5) is 12.9. The molecule has 23 heavy (non-hydrogen) atoms. The van der Waals surface area contributed by atoms with Crippen molar-refractivity contribution in [1.82, 2.24) is 0 Å². The molecule has 1 aromatic rings. The van der Waals surface area contributed by atoms with Crippen molar-refractivity contribution in [3.05, 3.63) is 22.2 Å². The van der Waals surface area contributed by atoms with Crippen molar-refractivity contribution < 1.29 is 14.6 Å². The number of halogens is 2. The predicted octanol–water partition coefficient (Wildman–Crippen LogP) is 3.17. The molecule has 1 aliphatic heterocycles. The number of anilines is 1.